The number of nitrogens with one attached hydrogen (secondary N) is 1. The van der Waals surface area contributed by atoms with Crippen molar-refractivity contribution in [1.29, 1.82) is 0 Å². The highest BCUT2D eigenvalue weighted by Gasteiger charge is 2.31. The van der Waals surface area contributed by atoms with Crippen molar-refractivity contribution in [2.24, 2.45) is 0 Å². The Bertz CT molecular complexity index is 349. The highest BCUT2D eigenvalue weighted by molar-refractivity contribution is 7.89. The summed E-state index contributed by atoms with van der Waals surface area (Å²) in [6, 6.07) is 0.610. The third kappa shape index (κ3) is 3.42. The molecule has 1 N–H and O–H groups in total. The largest absolute Gasteiger partial charge is 0.381 e. The molecule has 0 amide bonds. The smallest absolute Gasteiger partial charge is 0.216 e. The predicted molar refractivity (Wildman–Crippen MR) is 70.1 cm³/mol. The van der Waals surface area contributed by atoms with Gasteiger partial charge in [-0.25, -0.2) is 8.42 Å². The fourth-order valence-electron chi connectivity index (χ4n) is 2.32. The van der Waals surface area contributed by atoms with E-state index >= 15 is 0 Å². The molecule has 0 radical (unpaired) electrons. The lowest BCUT2D eigenvalue weighted by molar-refractivity contribution is 0.102. The fraction of sp³-hybridized carbons (Fsp3) is 1.00. The maximum Gasteiger partial charge on any atom is 0.216 e. The standard InChI is InChI=1S/C11H23N3O3S/c1-2-17-7-8-18(15,16)14-5-3-13(4-6-14)11-9-12-10-11/h11-12H,2-10H2,1H3. The molecule has 0 spiro atoms. The Kier molecular flexibility index (Phi) is 4.97. The second-order valence-corrected chi connectivity index (χ2v) is 6.85. The van der Waals surface area contributed by atoms with Gasteiger partial charge in [-0.1, -0.05) is 0 Å². The number of ether oxygens (including phenoxy) is 1. The number of piperazine rings is 1. The van der Waals surface area contributed by atoms with E-state index in [1.54, 1.807) is 4.31 Å². The predicted octanol–water partition coefficient (Wildman–Crippen LogP) is -1.06. The van der Waals surface area contributed by atoms with Gasteiger partial charge in [0.1, 0.15) is 0 Å². The number of hydrogen-bond donors (Lipinski definition) is 1. The van der Waals surface area contributed by atoms with Crippen molar-refractivity contribution in [1.82, 2.24) is 14.5 Å². The van der Waals surface area contributed by atoms with Crippen molar-refractivity contribution >= 4 is 10.0 Å². The van der Waals surface area contributed by atoms with Gasteiger partial charge in [0.2, 0.25) is 10.0 Å². The number of hydrogen-bond acceptors (Lipinski definition) is 5. The van der Waals surface area contributed by atoms with Crippen LogP contribution in [0.2, 0.25) is 0 Å². The van der Waals surface area contributed by atoms with Crippen LogP contribution in [0.25, 0.3) is 0 Å². The molecule has 2 fully saturated rings. The lowest BCUT2D eigenvalue weighted by atomic mass is 10.1. The Morgan fingerprint density at radius 3 is 2.39 bits per heavy atom. The molecule has 2 rings (SSSR count). The van der Waals surface area contributed by atoms with Gasteiger partial charge < -0.3 is 10.1 Å². The van der Waals surface area contributed by atoms with Crippen molar-refractivity contribution in [3.8, 4) is 0 Å². The van der Waals surface area contributed by atoms with Crippen LogP contribution in [0.4, 0.5) is 0 Å². The van der Waals surface area contributed by atoms with Crippen LogP contribution in [0, 0.1) is 0 Å². The summed E-state index contributed by atoms with van der Waals surface area (Å²) >= 11 is 0. The van der Waals surface area contributed by atoms with Crippen LogP contribution in [0.1, 0.15) is 6.92 Å². The van der Waals surface area contributed by atoms with E-state index in [0.717, 1.165) is 26.2 Å². The first kappa shape index (κ1) is 14.2. The molecule has 2 aliphatic rings. The minimum atomic E-state index is -3.13. The maximum atomic E-state index is 12.0. The van der Waals surface area contributed by atoms with Gasteiger partial charge in [-0.15, -0.1) is 0 Å². The van der Waals surface area contributed by atoms with E-state index in [1.807, 2.05) is 6.92 Å². The quantitative estimate of drug-likeness (QED) is 0.627. The van der Waals surface area contributed by atoms with E-state index in [0.29, 0.717) is 32.3 Å². The van der Waals surface area contributed by atoms with E-state index < -0.39 is 10.0 Å². The van der Waals surface area contributed by atoms with Crippen molar-refractivity contribution < 1.29 is 13.2 Å². The molecule has 0 aromatic rings. The summed E-state index contributed by atoms with van der Waals surface area (Å²) in [6.45, 7) is 7.74. The third-order valence-corrected chi connectivity index (χ3v) is 5.47. The summed E-state index contributed by atoms with van der Waals surface area (Å²) in [5, 5.41) is 3.24. The van der Waals surface area contributed by atoms with Crippen molar-refractivity contribution in [3.05, 3.63) is 0 Å². The first-order valence-electron chi connectivity index (χ1n) is 6.64. The lowest BCUT2D eigenvalue weighted by Crippen LogP contribution is -2.62. The minimum Gasteiger partial charge on any atom is -0.381 e. The number of sulfonamides is 1. The molecule has 0 unspecified atom stereocenters. The van der Waals surface area contributed by atoms with E-state index in [-0.39, 0.29) is 5.75 Å². The first-order valence-corrected chi connectivity index (χ1v) is 8.24. The van der Waals surface area contributed by atoms with Crippen LogP contribution in [-0.2, 0) is 14.8 Å². The summed E-state index contributed by atoms with van der Waals surface area (Å²) in [6.07, 6.45) is 0. The highest BCUT2D eigenvalue weighted by Crippen LogP contribution is 2.12. The Hall–Kier alpha value is -0.210. The monoisotopic (exact) mass is 277 g/mol. The van der Waals surface area contributed by atoms with Crippen molar-refractivity contribution in [3.63, 3.8) is 0 Å². The summed E-state index contributed by atoms with van der Waals surface area (Å²) in [4.78, 5) is 2.38. The summed E-state index contributed by atoms with van der Waals surface area (Å²) in [7, 11) is -3.13. The summed E-state index contributed by atoms with van der Waals surface area (Å²) in [5.41, 5.74) is 0. The first-order chi connectivity index (χ1) is 8.63. The molecule has 0 bridgehead atoms. The second-order valence-electron chi connectivity index (χ2n) is 4.76. The van der Waals surface area contributed by atoms with Gasteiger partial charge in [0, 0.05) is 51.9 Å². The Morgan fingerprint density at radius 2 is 1.89 bits per heavy atom. The summed E-state index contributed by atoms with van der Waals surface area (Å²) in [5.74, 6) is 0.103. The van der Waals surface area contributed by atoms with Crippen LogP contribution in [0.3, 0.4) is 0 Å². The minimum absolute atomic E-state index is 0.103. The molecule has 7 heteroatoms. The van der Waals surface area contributed by atoms with Gasteiger partial charge in [-0.3, -0.25) is 4.90 Å². The number of rotatable bonds is 6. The molecule has 2 saturated heterocycles. The van der Waals surface area contributed by atoms with E-state index in [1.165, 1.54) is 0 Å². The van der Waals surface area contributed by atoms with Gasteiger partial charge in [-0.2, -0.15) is 4.31 Å². The number of nitrogens with zero attached hydrogens (tertiary/aromatic N) is 2. The van der Waals surface area contributed by atoms with E-state index in [9.17, 15) is 8.42 Å². The van der Waals surface area contributed by atoms with Crippen molar-refractivity contribution in [2.75, 3.05) is 58.2 Å². The molecule has 2 heterocycles. The topological polar surface area (TPSA) is 61.9 Å². The van der Waals surface area contributed by atoms with Crippen molar-refractivity contribution in [2.45, 2.75) is 13.0 Å². The van der Waals surface area contributed by atoms with Gasteiger partial charge in [-0.05, 0) is 6.92 Å². The molecule has 106 valence electrons. The molecule has 0 aromatic heterocycles. The van der Waals surface area contributed by atoms with Gasteiger partial charge in [0.05, 0.1) is 12.4 Å². The van der Waals surface area contributed by atoms with Crippen LogP contribution < -0.4 is 5.32 Å². The van der Waals surface area contributed by atoms with Crippen LogP contribution in [-0.4, -0.2) is 81.9 Å². The molecule has 0 saturated carbocycles. The van der Waals surface area contributed by atoms with Gasteiger partial charge in [0.25, 0.3) is 0 Å². The van der Waals surface area contributed by atoms with E-state index in [4.69, 9.17) is 4.74 Å². The SMILES string of the molecule is CCOCCS(=O)(=O)N1CCN(C2CNC2)CC1. The zero-order valence-electron chi connectivity index (χ0n) is 11.0. The molecule has 0 aliphatic carbocycles. The van der Waals surface area contributed by atoms with Gasteiger partial charge >= 0.3 is 0 Å². The van der Waals surface area contributed by atoms with Gasteiger partial charge in [0.15, 0.2) is 0 Å². The zero-order valence-corrected chi connectivity index (χ0v) is 11.8. The fourth-order valence-corrected chi connectivity index (χ4v) is 3.62. The third-order valence-electron chi connectivity index (χ3n) is 3.63. The van der Waals surface area contributed by atoms with Crippen LogP contribution in [0.15, 0.2) is 0 Å². The Labute approximate surface area is 109 Å². The normalized spacial score (nSPS) is 24.1. The average molecular weight is 277 g/mol. The molecular weight excluding hydrogens is 254 g/mol. The molecule has 18 heavy (non-hydrogen) atoms. The second kappa shape index (κ2) is 6.29. The summed E-state index contributed by atoms with van der Waals surface area (Å²) < 4.78 is 30.8. The van der Waals surface area contributed by atoms with Crippen LogP contribution in [0.5, 0.6) is 0 Å². The average Bonchev–Trinajstić information content (AvgIpc) is 2.28. The Morgan fingerprint density at radius 1 is 1.22 bits per heavy atom. The van der Waals surface area contributed by atoms with E-state index in [2.05, 4.69) is 10.2 Å². The molecular formula is C11H23N3O3S. The maximum absolute atomic E-state index is 12.0. The lowest BCUT2D eigenvalue weighted by Gasteiger charge is -2.42. The zero-order chi connectivity index (χ0) is 13.0. The highest BCUT2D eigenvalue weighted by atomic mass is 32.2. The molecule has 6 nitrogen and oxygen atoms in total. The molecule has 0 aromatic carbocycles. The van der Waals surface area contributed by atoms with Crippen LogP contribution >= 0.6 is 0 Å². The molecule has 0 atom stereocenters. The Balaban J connectivity index is 1.77. The molecule has 2 aliphatic heterocycles.